The molecular weight excluding hydrogens is 450 g/mol. The molecule has 0 nitrogen and oxygen atoms in total. The van der Waals surface area contributed by atoms with Crippen molar-refractivity contribution >= 4 is 48.6 Å². The van der Waals surface area contributed by atoms with Gasteiger partial charge in [0.25, 0.3) is 0 Å². The molecule has 4 heteroatoms. The Labute approximate surface area is 193 Å². The van der Waals surface area contributed by atoms with Crippen molar-refractivity contribution in [3.8, 4) is 0 Å². The van der Waals surface area contributed by atoms with E-state index >= 15 is 0 Å². The predicted molar refractivity (Wildman–Crippen MR) is 129 cm³/mol. The fraction of sp³-hybridized carbons (Fsp3) is 0.200. The van der Waals surface area contributed by atoms with Gasteiger partial charge in [-0.1, -0.05) is 49.7 Å². The van der Waals surface area contributed by atoms with Crippen molar-refractivity contribution < 1.29 is 17.0 Å². The SMILES string of the molecule is C1=CCC2CC[CH-]C2=C1.Cc1[cH-]c2ccccc2c1Pc1ccccc1.[Cl][Ti][Cl]. The van der Waals surface area contributed by atoms with Crippen LogP contribution in [0.25, 0.3) is 10.8 Å². The average Bonchev–Trinajstić information content (AvgIpc) is 3.35. The summed E-state index contributed by atoms with van der Waals surface area (Å²) >= 11 is -0.556. The molecule has 150 valence electrons. The van der Waals surface area contributed by atoms with Crippen molar-refractivity contribution in [2.24, 2.45) is 5.92 Å². The van der Waals surface area contributed by atoms with Crippen LogP contribution in [-0.2, 0) is 17.0 Å². The van der Waals surface area contributed by atoms with Crippen LogP contribution in [0.3, 0.4) is 0 Å². The fourth-order valence-corrected chi connectivity index (χ4v) is 5.14. The number of hydrogen-bond donors (Lipinski definition) is 0. The van der Waals surface area contributed by atoms with Crippen LogP contribution in [0.1, 0.15) is 24.8 Å². The Bertz CT molecular complexity index is 959. The number of halogens is 2. The number of aryl methyl sites for hydroxylation is 1. The maximum atomic E-state index is 4.89. The monoisotopic (exact) mass is 474 g/mol. The normalized spacial score (nSPS) is 16.9. The van der Waals surface area contributed by atoms with Crippen molar-refractivity contribution in [1.82, 2.24) is 0 Å². The molecule has 2 aliphatic rings. The number of fused-ring (bicyclic) bond motifs is 2. The molecule has 0 bridgehead atoms. The van der Waals surface area contributed by atoms with Crippen LogP contribution in [-0.4, -0.2) is 0 Å². The molecule has 5 rings (SSSR count). The van der Waals surface area contributed by atoms with Crippen LogP contribution < -0.4 is 10.6 Å². The summed E-state index contributed by atoms with van der Waals surface area (Å²) in [6.45, 7) is 2.21. The summed E-state index contributed by atoms with van der Waals surface area (Å²) in [6.07, 6.45) is 13.0. The molecule has 1 fully saturated rings. The summed E-state index contributed by atoms with van der Waals surface area (Å²) in [5.74, 6) is 0.884. The molecule has 0 heterocycles. The van der Waals surface area contributed by atoms with E-state index in [1.165, 1.54) is 46.2 Å². The fourth-order valence-electron chi connectivity index (χ4n) is 3.86. The van der Waals surface area contributed by atoms with E-state index in [-0.39, 0.29) is 0 Å². The van der Waals surface area contributed by atoms with Gasteiger partial charge < -0.3 is 0 Å². The molecule has 0 radical (unpaired) electrons. The zero-order valence-corrected chi connectivity index (χ0v) is 20.6. The first kappa shape index (κ1) is 22.8. The number of benzene rings is 2. The first-order valence-electron chi connectivity index (χ1n) is 9.86. The molecule has 0 saturated heterocycles. The molecular formula is C25H25Cl2PTi-2. The van der Waals surface area contributed by atoms with E-state index in [0.717, 1.165) is 14.5 Å². The molecule has 0 spiro atoms. The van der Waals surface area contributed by atoms with Crippen molar-refractivity contribution in [3.63, 3.8) is 0 Å². The number of rotatable bonds is 2. The molecule has 2 atom stereocenters. The maximum absolute atomic E-state index is 4.89. The molecule has 3 aromatic carbocycles. The third-order valence-corrected chi connectivity index (χ3v) is 6.79. The number of allylic oxidation sites excluding steroid dienone is 4. The molecule has 3 aromatic rings. The first-order valence-corrected chi connectivity index (χ1v) is 15.2. The van der Waals surface area contributed by atoms with Crippen LogP contribution in [0.4, 0.5) is 0 Å². The van der Waals surface area contributed by atoms with E-state index in [4.69, 9.17) is 18.6 Å². The van der Waals surface area contributed by atoms with Gasteiger partial charge in [-0.2, -0.15) is 0 Å². The second-order valence-electron chi connectivity index (χ2n) is 7.16. The van der Waals surface area contributed by atoms with Crippen LogP contribution in [0, 0.1) is 19.3 Å². The predicted octanol–water partition coefficient (Wildman–Crippen LogP) is 7.36. The summed E-state index contributed by atoms with van der Waals surface area (Å²) in [7, 11) is 10.5. The molecule has 0 aromatic heterocycles. The summed E-state index contributed by atoms with van der Waals surface area (Å²) in [5, 5.41) is 5.68. The third-order valence-electron chi connectivity index (χ3n) is 5.25. The van der Waals surface area contributed by atoms with E-state index in [2.05, 4.69) is 92.2 Å². The Kier molecular flexibility index (Phi) is 9.51. The van der Waals surface area contributed by atoms with E-state index in [0.29, 0.717) is 0 Å². The zero-order chi connectivity index (χ0) is 20.5. The summed E-state index contributed by atoms with van der Waals surface area (Å²) < 4.78 is 0. The van der Waals surface area contributed by atoms with Crippen LogP contribution in [0.15, 0.2) is 84.5 Å². The molecule has 0 N–H and O–H groups in total. The van der Waals surface area contributed by atoms with Crippen molar-refractivity contribution in [1.29, 1.82) is 0 Å². The molecule has 1 saturated carbocycles. The van der Waals surface area contributed by atoms with Gasteiger partial charge in [0.05, 0.1) is 0 Å². The Balaban J connectivity index is 0.000000167. The van der Waals surface area contributed by atoms with Crippen molar-refractivity contribution in [2.45, 2.75) is 26.2 Å². The molecule has 2 unspecified atom stereocenters. The number of hydrogen-bond acceptors (Lipinski definition) is 0. The molecule has 2 aliphatic carbocycles. The van der Waals surface area contributed by atoms with Crippen LogP contribution >= 0.6 is 27.2 Å². The van der Waals surface area contributed by atoms with Gasteiger partial charge >= 0.3 is 35.6 Å². The average molecular weight is 475 g/mol. The van der Waals surface area contributed by atoms with E-state index in [1.54, 1.807) is 5.57 Å². The Hall–Kier alpha value is -0.876. The van der Waals surface area contributed by atoms with Gasteiger partial charge in [0.1, 0.15) is 0 Å². The Morgan fingerprint density at radius 3 is 2.52 bits per heavy atom. The summed E-state index contributed by atoms with van der Waals surface area (Å²) in [6, 6.07) is 21.7. The molecule has 0 amide bonds. The minimum absolute atomic E-state index is 0.556. The second-order valence-corrected chi connectivity index (χ2v) is 11.1. The zero-order valence-electron chi connectivity index (χ0n) is 16.5. The van der Waals surface area contributed by atoms with Gasteiger partial charge in [0.2, 0.25) is 0 Å². The van der Waals surface area contributed by atoms with Gasteiger partial charge in [0, 0.05) is 0 Å². The van der Waals surface area contributed by atoms with Crippen molar-refractivity contribution in [2.75, 3.05) is 0 Å². The van der Waals surface area contributed by atoms with E-state index < -0.39 is 17.0 Å². The standard InChI is InChI=1S/C16H14P.C9H11.2ClH.Ti/c1-12-11-13-7-5-6-10-15(13)16(12)17-14-8-3-2-4-9-14;1-2-5-9-7-3-6-8(9)4-1;;;/h2-11,17H,1H3;1-2,4,6,9H,3,5,7H2;2*1H;/q2*-1;;;+2/p-2. The van der Waals surface area contributed by atoms with Gasteiger partial charge in [0.15, 0.2) is 0 Å². The Morgan fingerprint density at radius 1 is 1.03 bits per heavy atom. The topological polar surface area (TPSA) is 0 Å². The van der Waals surface area contributed by atoms with Crippen LogP contribution in [0.5, 0.6) is 0 Å². The molecule has 0 aliphatic heterocycles. The van der Waals surface area contributed by atoms with Crippen LogP contribution in [0.2, 0.25) is 0 Å². The second kappa shape index (κ2) is 12.1. The third kappa shape index (κ3) is 6.55. The first-order chi connectivity index (χ1) is 14.2. The Morgan fingerprint density at radius 2 is 1.76 bits per heavy atom. The summed E-state index contributed by atoms with van der Waals surface area (Å²) in [4.78, 5) is 0. The minimum atomic E-state index is -0.556. The van der Waals surface area contributed by atoms with E-state index in [9.17, 15) is 0 Å². The quantitative estimate of drug-likeness (QED) is 0.207. The van der Waals surface area contributed by atoms with Crippen molar-refractivity contribution in [3.05, 3.63) is 96.4 Å². The van der Waals surface area contributed by atoms with Gasteiger partial charge in [-0.15, -0.1) is 73.1 Å². The van der Waals surface area contributed by atoms with E-state index in [1.807, 2.05) is 0 Å². The van der Waals surface area contributed by atoms with Gasteiger partial charge in [-0.05, 0) is 17.6 Å². The summed E-state index contributed by atoms with van der Waals surface area (Å²) in [5.41, 5.74) is 2.99. The molecule has 29 heavy (non-hydrogen) atoms. The van der Waals surface area contributed by atoms with Gasteiger partial charge in [-0.25, -0.2) is 18.1 Å². The van der Waals surface area contributed by atoms with Gasteiger partial charge in [-0.3, -0.25) is 0 Å².